The Morgan fingerprint density at radius 2 is 1.94 bits per heavy atom. The number of hydrogen-bond donors (Lipinski definition) is 2. The lowest BCUT2D eigenvalue weighted by Gasteiger charge is -2.11. The molecule has 0 aliphatic rings. The maximum absolute atomic E-state index is 12.7. The van der Waals surface area contributed by atoms with Crippen molar-refractivity contribution in [1.82, 2.24) is 10.6 Å². The maximum Gasteiger partial charge on any atom is 0.417 e. The number of hydrogen-bond acceptors (Lipinski definition) is 2. The van der Waals surface area contributed by atoms with Gasteiger partial charge < -0.3 is 10.6 Å². The van der Waals surface area contributed by atoms with Crippen LogP contribution >= 0.6 is 15.9 Å². The molecule has 0 saturated heterocycles. The van der Waals surface area contributed by atoms with Gasteiger partial charge in [0.25, 0.3) is 0 Å². The predicted octanol–water partition coefficient (Wildman–Crippen LogP) is 3.17. The predicted molar refractivity (Wildman–Crippen MR) is 69.4 cm³/mol. The first-order chi connectivity index (χ1) is 8.45. The molecule has 1 aromatic carbocycles. The molecule has 0 amide bonds. The van der Waals surface area contributed by atoms with Gasteiger partial charge in [-0.2, -0.15) is 13.2 Å². The van der Waals surface area contributed by atoms with Crippen molar-refractivity contribution in [3.8, 4) is 0 Å². The molecule has 1 aromatic rings. The topological polar surface area (TPSA) is 24.1 Å². The molecule has 2 N–H and O–H groups in total. The Kier molecular flexibility index (Phi) is 6.11. The lowest BCUT2D eigenvalue weighted by molar-refractivity contribution is -0.138. The highest BCUT2D eigenvalue weighted by Gasteiger charge is 2.32. The summed E-state index contributed by atoms with van der Waals surface area (Å²) < 4.78 is 38.1. The van der Waals surface area contributed by atoms with Gasteiger partial charge in [-0.05, 0) is 44.3 Å². The quantitative estimate of drug-likeness (QED) is 0.785. The van der Waals surface area contributed by atoms with Gasteiger partial charge in [-0.25, -0.2) is 0 Å². The summed E-state index contributed by atoms with van der Waals surface area (Å²) >= 11 is 2.92. The maximum atomic E-state index is 12.7. The highest BCUT2D eigenvalue weighted by Crippen LogP contribution is 2.35. The Morgan fingerprint density at radius 3 is 2.56 bits per heavy atom. The number of nitrogens with one attached hydrogen (secondary N) is 2. The zero-order chi connectivity index (χ0) is 13.6. The second-order valence-corrected chi connectivity index (χ2v) is 4.80. The van der Waals surface area contributed by atoms with Crippen LogP contribution in [0.4, 0.5) is 13.2 Å². The van der Waals surface area contributed by atoms with E-state index in [2.05, 4.69) is 26.6 Å². The molecule has 1 rings (SSSR count). The van der Waals surface area contributed by atoms with Crippen LogP contribution in [0, 0.1) is 0 Å². The van der Waals surface area contributed by atoms with Crippen LogP contribution in [0.1, 0.15) is 17.5 Å². The molecule has 0 unspecified atom stereocenters. The minimum Gasteiger partial charge on any atom is -0.320 e. The van der Waals surface area contributed by atoms with E-state index in [0.29, 0.717) is 12.1 Å². The molecule has 0 spiro atoms. The highest BCUT2D eigenvalue weighted by molar-refractivity contribution is 9.10. The minimum absolute atomic E-state index is 0.0777. The molecule has 0 bridgehead atoms. The molecule has 0 aromatic heterocycles. The molecular weight excluding hydrogens is 309 g/mol. The summed E-state index contributed by atoms with van der Waals surface area (Å²) in [4.78, 5) is 0. The van der Waals surface area contributed by atoms with Crippen molar-refractivity contribution in [3.05, 3.63) is 33.8 Å². The Balaban J connectivity index is 2.57. The first kappa shape index (κ1) is 15.5. The summed E-state index contributed by atoms with van der Waals surface area (Å²) in [5.74, 6) is 0. The molecule has 2 nitrogen and oxygen atoms in total. The van der Waals surface area contributed by atoms with Crippen molar-refractivity contribution in [3.63, 3.8) is 0 Å². The molecule has 0 atom stereocenters. The fraction of sp³-hybridized carbons (Fsp3) is 0.500. The van der Waals surface area contributed by atoms with Gasteiger partial charge in [0.05, 0.1) is 5.56 Å². The van der Waals surface area contributed by atoms with E-state index in [4.69, 9.17) is 0 Å². The van der Waals surface area contributed by atoms with Crippen LogP contribution in [0.2, 0.25) is 0 Å². The Hall–Kier alpha value is -0.590. The summed E-state index contributed by atoms with van der Waals surface area (Å²) in [6.45, 7) is 2.11. The first-order valence-electron chi connectivity index (χ1n) is 5.66. The monoisotopic (exact) mass is 324 g/mol. The summed E-state index contributed by atoms with van der Waals surface area (Å²) in [5, 5.41) is 6.12. The SMILES string of the molecule is CNCCCNCc1ccc(Br)c(C(F)(F)F)c1. The van der Waals surface area contributed by atoms with E-state index < -0.39 is 11.7 Å². The number of benzene rings is 1. The van der Waals surface area contributed by atoms with E-state index in [0.717, 1.165) is 19.5 Å². The summed E-state index contributed by atoms with van der Waals surface area (Å²) in [7, 11) is 1.87. The van der Waals surface area contributed by atoms with Crippen molar-refractivity contribution < 1.29 is 13.2 Å². The van der Waals surface area contributed by atoms with Crippen LogP contribution < -0.4 is 10.6 Å². The van der Waals surface area contributed by atoms with E-state index >= 15 is 0 Å². The van der Waals surface area contributed by atoms with Crippen LogP contribution in [0.25, 0.3) is 0 Å². The minimum atomic E-state index is -4.32. The second kappa shape index (κ2) is 7.11. The zero-order valence-electron chi connectivity index (χ0n) is 10.1. The van der Waals surface area contributed by atoms with Crippen LogP contribution in [0.3, 0.4) is 0 Å². The molecule has 0 fully saturated rings. The van der Waals surface area contributed by atoms with Gasteiger partial charge in [-0.1, -0.05) is 22.0 Å². The highest BCUT2D eigenvalue weighted by atomic mass is 79.9. The van der Waals surface area contributed by atoms with E-state index in [9.17, 15) is 13.2 Å². The summed E-state index contributed by atoms with van der Waals surface area (Å²) in [6, 6.07) is 4.30. The molecule has 0 saturated carbocycles. The van der Waals surface area contributed by atoms with Crippen LogP contribution in [-0.4, -0.2) is 20.1 Å². The van der Waals surface area contributed by atoms with Crippen LogP contribution in [0.5, 0.6) is 0 Å². The number of rotatable bonds is 6. The normalized spacial score (nSPS) is 11.8. The zero-order valence-corrected chi connectivity index (χ0v) is 11.7. The summed E-state index contributed by atoms with van der Waals surface area (Å²) in [5.41, 5.74) is 0.00649. The van der Waals surface area contributed by atoms with Gasteiger partial charge in [-0.3, -0.25) is 0 Å². The first-order valence-corrected chi connectivity index (χ1v) is 6.45. The van der Waals surface area contributed by atoms with Gasteiger partial charge >= 0.3 is 6.18 Å². The molecule has 0 radical (unpaired) electrons. The summed E-state index contributed by atoms with van der Waals surface area (Å²) in [6.07, 6.45) is -3.37. The molecule has 0 aliphatic carbocycles. The van der Waals surface area contributed by atoms with Gasteiger partial charge in [0.2, 0.25) is 0 Å². The van der Waals surface area contributed by atoms with E-state index in [1.807, 2.05) is 7.05 Å². The third-order valence-electron chi connectivity index (χ3n) is 2.45. The second-order valence-electron chi connectivity index (χ2n) is 3.95. The average Bonchev–Trinajstić information content (AvgIpc) is 2.29. The Bertz CT molecular complexity index is 380. The lowest BCUT2D eigenvalue weighted by atomic mass is 10.1. The van der Waals surface area contributed by atoms with Crippen molar-refractivity contribution >= 4 is 15.9 Å². The number of alkyl halides is 3. The number of halogens is 4. The van der Waals surface area contributed by atoms with Gasteiger partial charge in [-0.15, -0.1) is 0 Å². The Morgan fingerprint density at radius 1 is 1.22 bits per heavy atom. The molecule has 18 heavy (non-hydrogen) atoms. The largest absolute Gasteiger partial charge is 0.417 e. The van der Waals surface area contributed by atoms with Crippen molar-refractivity contribution in [1.29, 1.82) is 0 Å². The molecule has 0 heterocycles. The third kappa shape index (κ3) is 4.96. The molecule has 0 aliphatic heterocycles. The molecule has 102 valence electrons. The molecule has 6 heteroatoms. The van der Waals surface area contributed by atoms with Crippen molar-refractivity contribution in [2.75, 3.05) is 20.1 Å². The van der Waals surface area contributed by atoms with Gasteiger partial charge in [0.1, 0.15) is 0 Å². The standard InChI is InChI=1S/C12H16BrF3N2/c1-17-5-2-6-18-8-9-3-4-11(13)10(7-9)12(14,15)16/h3-4,7,17-18H,2,5-6,8H2,1H3. The van der Waals surface area contributed by atoms with Crippen LogP contribution in [-0.2, 0) is 12.7 Å². The van der Waals surface area contributed by atoms with E-state index in [1.165, 1.54) is 12.1 Å². The lowest BCUT2D eigenvalue weighted by Crippen LogP contribution is -2.19. The molecular formula is C12H16BrF3N2. The van der Waals surface area contributed by atoms with E-state index in [1.54, 1.807) is 6.07 Å². The fourth-order valence-electron chi connectivity index (χ4n) is 1.52. The smallest absolute Gasteiger partial charge is 0.320 e. The van der Waals surface area contributed by atoms with Crippen molar-refractivity contribution in [2.24, 2.45) is 0 Å². The Labute approximate surface area is 113 Å². The average molecular weight is 325 g/mol. The third-order valence-corrected chi connectivity index (χ3v) is 3.14. The van der Waals surface area contributed by atoms with Crippen LogP contribution in [0.15, 0.2) is 22.7 Å². The van der Waals surface area contributed by atoms with E-state index in [-0.39, 0.29) is 4.47 Å². The van der Waals surface area contributed by atoms with Gasteiger partial charge in [0, 0.05) is 11.0 Å². The van der Waals surface area contributed by atoms with Crippen molar-refractivity contribution in [2.45, 2.75) is 19.1 Å². The fourth-order valence-corrected chi connectivity index (χ4v) is 1.99. The van der Waals surface area contributed by atoms with Gasteiger partial charge in [0.15, 0.2) is 0 Å².